The number of carbonyl (C=O) groups is 1. The van der Waals surface area contributed by atoms with Crippen LogP contribution in [0.1, 0.15) is 24.8 Å². The number of carbonyl (C=O) groups excluding carboxylic acids is 1. The molecule has 2 aromatic carbocycles. The van der Waals surface area contributed by atoms with Crippen molar-refractivity contribution in [2.24, 2.45) is 0 Å². The number of hydrogen-bond acceptors (Lipinski definition) is 5. The van der Waals surface area contributed by atoms with Gasteiger partial charge in [0.25, 0.3) is 0 Å². The summed E-state index contributed by atoms with van der Waals surface area (Å²) < 4.78 is 5.21. The van der Waals surface area contributed by atoms with E-state index in [-0.39, 0.29) is 18.0 Å². The summed E-state index contributed by atoms with van der Waals surface area (Å²) in [6.07, 6.45) is 2.86. The van der Waals surface area contributed by atoms with Crippen LogP contribution in [-0.2, 0) is 4.79 Å². The van der Waals surface area contributed by atoms with Gasteiger partial charge in [0.1, 0.15) is 11.8 Å². The molecule has 4 rings (SSSR count). The third-order valence-corrected chi connectivity index (χ3v) is 5.79. The van der Waals surface area contributed by atoms with E-state index < -0.39 is 0 Å². The highest BCUT2D eigenvalue weighted by molar-refractivity contribution is 5.82. The van der Waals surface area contributed by atoms with Crippen LogP contribution in [0.25, 0.3) is 11.1 Å². The van der Waals surface area contributed by atoms with Crippen molar-refractivity contribution in [1.82, 2.24) is 10.6 Å². The molecule has 6 heteroatoms. The number of anilines is 1. The molecule has 0 saturated carbocycles. The summed E-state index contributed by atoms with van der Waals surface area (Å²) in [7, 11) is 1.65. The van der Waals surface area contributed by atoms with Gasteiger partial charge in [0.15, 0.2) is 0 Å². The van der Waals surface area contributed by atoms with Gasteiger partial charge in [-0.1, -0.05) is 18.2 Å². The molecule has 0 aliphatic carbocycles. The summed E-state index contributed by atoms with van der Waals surface area (Å²) in [5, 5.41) is 16.1. The van der Waals surface area contributed by atoms with Crippen LogP contribution in [0.4, 0.5) is 5.69 Å². The fraction of sp³-hybridized carbons (Fsp3) is 0.391. The molecule has 0 radical (unpaired) electrons. The Morgan fingerprint density at radius 2 is 2.00 bits per heavy atom. The van der Waals surface area contributed by atoms with Gasteiger partial charge in [-0.2, -0.15) is 5.26 Å². The number of ether oxygens (including phenoxy) is 1. The van der Waals surface area contributed by atoms with Crippen molar-refractivity contribution in [1.29, 1.82) is 5.26 Å². The molecule has 0 aromatic heterocycles. The highest BCUT2D eigenvalue weighted by atomic mass is 16.5. The zero-order valence-electron chi connectivity index (χ0n) is 16.6. The van der Waals surface area contributed by atoms with Gasteiger partial charge >= 0.3 is 0 Å². The molecule has 2 aliphatic rings. The summed E-state index contributed by atoms with van der Waals surface area (Å²) in [6.45, 7) is 2.48. The minimum absolute atomic E-state index is 0.0532. The van der Waals surface area contributed by atoms with Gasteiger partial charge < -0.3 is 20.3 Å². The Hall–Kier alpha value is -3.04. The number of nitriles is 1. The lowest BCUT2D eigenvalue weighted by molar-refractivity contribution is -0.123. The van der Waals surface area contributed by atoms with Gasteiger partial charge in [-0.15, -0.1) is 0 Å². The van der Waals surface area contributed by atoms with Gasteiger partial charge in [0.2, 0.25) is 5.91 Å². The average Bonchev–Trinajstić information content (AvgIpc) is 3.46. The lowest BCUT2D eigenvalue weighted by atomic mass is 10.0. The van der Waals surface area contributed by atoms with Crippen LogP contribution < -0.4 is 20.3 Å². The van der Waals surface area contributed by atoms with Crippen molar-refractivity contribution in [2.75, 3.05) is 31.6 Å². The molecule has 2 fully saturated rings. The Labute approximate surface area is 171 Å². The smallest absolute Gasteiger partial charge is 0.237 e. The lowest BCUT2D eigenvalue weighted by Gasteiger charge is -2.21. The molecule has 0 spiro atoms. The Bertz CT molecular complexity index is 913. The Morgan fingerprint density at radius 1 is 1.21 bits per heavy atom. The topological polar surface area (TPSA) is 77.4 Å². The number of hydrogen-bond donors (Lipinski definition) is 2. The first-order valence-electron chi connectivity index (χ1n) is 10.1. The third-order valence-electron chi connectivity index (χ3n) is 5.79. The summed E-state index contributed by atoms with van der Waals surface area (Å²) >= 11 is 0. The average molecular weight is 390 g/mol. The summed E-state index contributed by atoms with van der Waals surface area (Å²) in [4.78, 5) is 14.6. The van der Waals surface area contributed by atoms with Gasteiger partial charge in [0, 0.05) is 19.1 Å². The van der Waals surface area contributed by atoms with Crippen molar-refractivity contribution in [3.05, 3.63) is 48.0 Å². The molecule has 6 nitrogen and oxygen atoms in total. The number of benzene rings is 2. The van der Waals surface area contributed by atoms with Crippen molar-refractivity contribution < 1.29 is 9.53 Å². The summed E-state index contributed by atoms with van der Waals surface area (Å²) in [5.41, 5.74) is 3.64. The number of nitrogens with one attached hydrogen (secondary N) is 2. The first-order chi connectivity index (χ1) is 14.2. The largest absolute Gasteiger partial charge is 0.497 e. The molecule has 2 saturated heterocycles. The van der Waals surface area contributed by atoms with Crippen LogP contribution >= 0.6 is 0 Å². The second-order valence-electron chi connectivity index (χ2n) is 7.66. The Balaban J connectivity index is 1.45. The molecular formula is C23H26N4O2. The van der Waals surface area contributed by atoms with Crippen molar-refractivity contribution in [3.63, 3.8) is 0 Å². The van der Waals surface area contributed by atoms with E-state index in [2.05, 4.69) is 21.6 Å². The second kappa shape index (κ2) is 8.54. The van der Waals surface area contributed by atoms with Gasteiger partial charge in [-0.05, 0) is 61.2 Å². The summed E-state index contributed by atoms with van der Waals surface area (Å²) in [5.74, 6) is 0.911. The van der Waals surface area contributed by atoms with Crippen LogP contribution in [0.15, 0.2) is 42.5 Å². The van der Waals surface area contributed by atoms with Gasteiger partial charge in [-0.25, -0.2) is 0 Å². The van der Waals surface area contributed by atoms with E-state index in [1.807, 2.05) is 42.5 Å². The lowest BCUT2D eigenvalue weighted by Crippen LogP contribution is -2.46. The molecule has 2 heterocycles. The molecule has 29 heavy (non-hydrogen) atoms. The zero-order valence-corrected chi connectivity index (χ0v) is 16.6. The predicted octanol–water partition coefficient (Wildman–Crippen LogP) is 2.68. The van der Waals surface area contributed by atoms with E-state index in [0.717, 1.165) is 61.5 Å². The monoisotopic (exact) mass is 390 g/mol. The fourth-order valence-corrected chi connectivity index (χ4v) is 4.17. The van der Waals surface area contributed by atoms with Gasteiger partial charge in [-0.3, -0.25) is 4.79 Å². The van der Waals surface area contributed by atoms with E-state index in [4.69, 9.17) is 4.74 Å². The van der Waals surface area contributed by atoms with E-state index >= 15 is 0 Å². The highest BCUT2D eigenvalue weighted by Crippen LogP contribution is 2.30. The van der Waals surface area contributed by atoms with E-state index in [0.29, 0.717) is 5.56 Å². The SMILES string of the molecule is COc1ccc(-c2ccc(N3CCC(NC(=O)C4CCCN4)C3)c(C#N)c2)cc1. The van der Waals surface area contributed by atoms with Crippen LogP contribution in [0, 0.1) is 11.3 Å². The quantitative estimate of drug-likeness (QED) is 0.821. The number of rotatable bonds is 5. The maximum Gasteiger partial charge on any atom is 0.237 e. The first-order valence-corrected chi connectivity index (χ1v) is 10.1. The van der Waals surface area contributed by atoms with Crippen LogP contribution in [-0.4, -0.2) is 44.7 Å². The maximum absolute atomic E-state index is 12.4. The molecule has 2 atom stereocenters. The zero-order chi connectivity index (χ0) is 20.2. The van der Waals surface area contributed by atoms with Crippen LogP contribution in [0.5, 0.6) is 5.75 Å². The van der Waals surface area contributed by atoms with E-state index in [1.165, 1.54) is 0 Å². The molecule has 150 valence electrons. The van der Waals surface area contributed by atoms with E-state index in [9.17, 15) is 10.1 Å². The molecular weight excluding hydrogens is 364 g/mol. The molecule has 2 aromatic rings. The minimum Gasteiger partial charge on any atom is -0.497 e. The fourth-order valence-electron chi connectivity index (χ4n) is 4.17. The van der Waals surface area contributed by atoms with E-state index in [1.54, 1.807) is 7.11 Å². The molecule has 0 bridgehead atoms. The van der Waals surface area contributed by atoms with Crippen molar-refractivity contribution in [3.8, 4) is 22.9 Å². The Morgan fingerprint density at radius 3 is 2.69 bits per heavy atom. The van der Waals surface area contributed by atoms with Gasteiger partial charge in [0.05, 0.1) is 24.4 Å². The van der Waals surface area contributed by atoms with Crippen molar-refractivity contribution >= 4 is 11.6 Å². The van der Waals surface area contributed by atoms with Crippen LogP contribution in [0.3, 0.4) is 0 Å². The van der Waals surface area contributed by atoms with Crippen molar-refractivity contribution in [2.45, 2.75) is 31.3 Å². The second-order valence-corrected chi connectivity index (χ2v) is 7.66. The number of methoxy groups -OCH3 is 1. The summed E-state index contributed by atoms with van der Waals surface area (Å²) in [6, 6.07) is 16.2. The molecule has 1 amide bonds. The standard InChI is InChI=1S/C23H26N4O2/c1-29-20-7-4-16(5-8-20)17-6-9-22(18(13-17)14-24)27-12-10-19(15-27)26-23(28)21-3-2-11-25-21/h4-9,13,19,21,25H,2-3,10-12,15H2,1H3,(H,26,28). The Kier molecular flexibility index (Phi) is 5.68. The van der Waals surface area contributed by atoms with Crippen LogP contribution in [0.2, 0.25) is 0 Å². The first kappa shape index (κ1) is 19.3. The number of amides is 1. The normalized spacial score (nSPS) is 21.0. The predicted molar refractivity (Wildman–Crippen MR) is 113 cm³/mol. The third kappa shape index (κ3) is 4.20. The molecule has 2 N–H and O–H groups in total. The minimum atomic E-state index is -0.0532. The molecule has 2 aliphatic heterocycles. The number of nitrogens with zero attached hydrogens (tertiary/aromatic N) is 2. The maximum atomic E-state index is 12.4. The highest BCUT2D eigenvalue weighted by Gasteiger charge is 2.29. The molecule has 2 unspecified atom stereocenters.